The van der Waals surface area contributed by atoms with Crippen molar-refractivity contribution in [1.82, 2.24) is 0 Å². The van der Waals surface area contributed by atoms with E-state index in [0.717, 1.165) is 35.3 Å². The summed E-state index contributed by atoms with van der Waals surface area (Å²) in [7, 11) is 3.22. The SMILES string of the molecule is CCC(CC)c1ccc(OCc2cc(COC)c(O)c(COC)c2)cc1. The summed E-state index contributed by atoms with van der Waals surface area (Å²) in [5, 5.41) is 10.3. The molecule has 26 heavy (non-hydrogen) atoms. The zero-order chi connectivity index (χ0) is 18.9. The fourth-order valence-electron chi connectivity index (χ4n) is 3.21. The maximum atomic E-state index is 10.3. The van der Waals surface area contributed by atoms with Crippen LogP contribution in [-0.4, -0.2) is 19.3 Å². The third kappa shape index (κ3) is 5.23. The van der Waals surface area contributed by atoms with Gasteiger partial charge in [0.2, 0.25) is 0 Å². The zero-order valence-corrected chi connectivity index (χ0v) is 16.2. The minimum absolute atomic E-state index is 0.229. The van der Waals surface area contributed by atoms with Gasteiger partial charge in [0, 0.05) is 25.3 Å². The van der Waals surface area contributed by atoms with Gasteiger partial charge in [-0.2, -0.15) is 0 Å². The van der Waals surface area contributed by atoms with Gasteiger partial charge in [-0.05, 0) is 54.2 Å². The third-order valence-corrected chi connectivity index (χ3v) is 4.67. The molecule has 0 saturated carbocycles. The minimum Gasteiger partial charge on any atom is -0.507 e. The molecule has 0 heterocycles. The first-order valence-electron chi connectivity index (χ1n) is 9.17. The van der Waals surface area contributed by atoms with Gasteiger partial charge in [0.05, 0.1) is 13.2 Å². The van der Waals surface area contributed by atoms with Crippen LogP contribution in [-0.2, 0) is 29.3 Å². The Morgan fingerprint density at radius 2 is 1.38 bits per heavy atom. The molecule has 0 saturated heterocycles. The molecule has 2 aromatic carbocycles. The second-order valence-corrected chi connectivity index (χ2v) is 6.50. The summed E-state index contributed by atoms with van der Waals surface area (Å²) in [6, 6.07) is 12.2. The Balaban J connectivity index is 2.10. The first-order valence-corrected chi connectivity index (χ1v) is 9.17. The molecule has 2 rings (SSSR count). The van der Waals surface area contributed by atoms with Crippen LogP contribution in [0.3, 0.4) is 0 Å². The lowest BCUT2D eigenvalue weighted by atomic mass is 9.94. The van der Waals surface area contributed by atoms with Crippen LogP contribution in [0.1, 0.15) is 54.9 Å². The van der Waals surface area contributed by atoms with Crippen molar-refractivity contribution in [1.29, 1.82) is 0 Å². The van der Waals surface area contributed by atoms with Crippen LogP contribution < -0.4 is 4.74 Å². The summed E-state index contributed by atoms with van der Waals surface area (Å²) in [5.41, 5.74) is 3.82. The van der Waals surface area contributed by atoms with Gasteiger partial charge in [-0.1, -0.05) is 26.0 Å². The summed E-state index contributed by atoms with van der Waals surface area (Å²) >= 11 is 0. The molecule has 2 aromatic rings. The van der Waals surface area contributed by atoms with Crippen molar-refractivity contribution < 1.29 is 19.3 Å². The maximum Gasteiger partial charge on any atom is 0.126 e. The minimum atomic E-state index is 0.229. The van der Waals surface area contributed by atoms with E-state index in [4.69, 9.17) is 14.2 Å². The molecule has 0 aromatic heterocycles. The number of benzene rings is 2. The van der Waals surface area contributed by atoms with Crippen molar-refractivity contribution in [2.45, 2.75) is 52.4 Å². The number of phenols is 1. The molecule has 0 aliphatic heterocycles. The fraction of sp³-hybridized carbons (Fsp3) is 0.455. The maximum absolute atomic E-state index is 10.3. The summed E-state index contributed by atoms with van der Waals surface area (Å²) in [5.74, 6) is 1.68. The first-order chi connectivity index (χ1) is 12.6. The summed E-state index contributed by atoms with van der Waals surface area (Å²) in [6.45, 7) is 5.57. The molecular weight excluding hydrogens is 328 g/mol. The topological polar surface area (TPSA) is 47.9 Å². The Hall–Kier alpha value is -2.04. The van der Waals surface area contributed by atoms with E-state index in [2.05, 4.69) is 26.0 Å². The molecule has 0 atom stereocenters. The second-order valence-electron chi connectivity index (χ2n) is 6.50. The molecule has 0 radical (unpaired) electrons. The number of rotatable bonds is 10. The molecule has 4 heteroatoms. The molecule has 0 aliphatic rings. The van der Waals surface area contributed by atoms with E-state index < -0.39 is 0 Å². The van der Waals surface area contributed by atoms with Crippen molar-refractivity contribution in [3.8, 4) is 11.5 Å². The fourth-order valence-corrected chi connectivity index (χ4v) is 3.21. The van der Waals surface area contributed by atoms with E-state index in [9.17, 15) is 5.11 Å². The molecule has 0 aliphatic carbocycles. The number of hydrogen-bond acceptors (Lipinski definition) is 4. The van der Waals surface area contributed by atoms with Crippen molar-refractivity contribution in [2.75, 3.05) is 14.2 Å². The highest BCUT2D eigenvalue weighted by molar-refractivity contribution is 5.43. The highest BCUT2D eigenvalue weighted by atomic mass is 16.5. The van der Waals surface area contributed by atoms with Crippen molar-refractivity contribution >= 4 is 0 Å². The van der Waals surface area contributed by atoms with Gasteiger partial charge < -0.3 is 19.3 Å². The largest absolute Gasteiger partial charge is 0.507 e. The smallest absolute Gasteiger partial charge is 0.126 e. The van der Waals surface area contributed by atoms with Crippen molar-refractivity contribution in [2.24, 2.45) is 0 Å². The van der Waals surface area contributed by atoms with Gasteiger partial charge >= 0.3 is 0 Å². The summed E-state index contributed by atoms with van der Waals surface area (Å²) in [6.07, 6.45) is 2.30. The van der Waals surface area contributed by atoms with Gasteiger partial charge in [-0.3, -0.25) is 0 Å². The lowest BCUT2D eigenvalue weighted by Crippen LogP contribution is -2.02. The number of ether oxygens (including phenoxy) is 3. The predicted octanol–water partition coefficient (Wildman–Crippen LogP) is 5.17. The number of phenolic OH excluding ortho intramolecular Hbond substituents is 1. The van der Waals surface area contributed by atoms with Crippen LogP contribution in [0.2, 0.25) is 0 Å². The third-order valence-electron chi connectivity index (χ3n) is 4.67. The Morgan fingerprint density at radius 1 is 0.846 bits per heavy atom. The quantitative estimate of drug-likeness (QED) is 0.637. The second kappa shape index (κ2) is 10.2. The van der Waals surface area contributed by atoms with E-state index in [0.29, 0.717) is 25.7 Å². The Labute approximate surface area is 156 Å². The lowest BCUT2D eigenvalue weighted by Gasteiger charge is -2.15. The van der Waals surface area contributed by atoms with Gasteiger partial charge in [0.1, 0.15) is 18.1 Å². The van der Waals surface area contributed by atoms with E-state index in [1.54, 1.807) is 14.2 Å². The first kappa shape index (κ1) is 20.3. The van der Waals surface area contributed by atoms with Crippen LogP contribution in [0, 0.1) is 0 Å². The highest BCUT2D eigenvalue weighted by Gasteiger charge is 2.11. The van der Waals surface area contributed by atoms with Crippen LogP contribution in [0.25, 0.3) is 0 Å². The lowest BCUT2D eigenvalue weighted by molar-refractivity contribution is 0.174. The van der Waals surface area contributed by atoms with Gasteiger partial charge in [-0.15, -0.1) is 0 Å². The Kier molecular flexibility index (Phi) is 7.95. The molecule has 0 bridgehead atoms. The average molecular weight is 358 g/mol. The number of hydrogen-bond donors (Lipinski definition) is 1. The molecule has 0 amide bonds. The summed E-state index contributed by atoms with van der Waals surface area (Å²) in [4.78, 5) is 0. The van der Waals surface area contributed by atoms with Gasteiger partial charge in [0.25, 0.3) is 0 Å². The Bertz CT molecular complexity index is 648. The molecular formula is C22H30O4. The van der Waals surface area contributed by atoms with Crippen LogP contribution in [0.5, 0.6) is 11.5 Å². The van der Waals surface area contributed by atoms with Crippen molar-refractivity contribution in [3.63, 3.8) is 0 Å². The normalized spacial score (nSPS) is 11.1. The number of aromatic hydroxyl groups is 1. The van der Waals surface area contributed by atoms with Gasteiger partial charge in [0.15, 0.2) is 0 Å². The number of methoxy groups -OCH3 is 2. The van der Waals surface area contributed by atoms with Crippen LogP contribution in [0.4, 0.5) is 0 Å². The highest BCUT2D eigenvalue weighted by Crippen LogP contribution is 2.28. The predicted molar refractivity (Wildman–Crippen MR) is 104 cm³/mol. The van der Waals surface area contributed by atoms with Crippen molar-refractivity contribution in [3.05, 3.63) is 58.7 Å². The van der Waals surface area contributed by atoms with E-state index >= 15 is 0 Å². The molecule has 0 unspecified atom stereocenters. The van der Waals surface area contributed by atoms with Crippen LogP contribution >= 0.6 is 0 Å². The van der Waals surface area contributed by atoms with E-state index in [1.165, 1.54) is 5.56 Å². The average Bonchev–Trinajstić information content (AvgIpc) is 2.66. The standard InChI is InChI=1S/C22H30O4/c1-5-17(6-2)18-7-9-21(10-8-18)26-13-16-11-19(14-24-3)22(23)20(12-16)15-25-4/h7-12,17,23H,5-6,13-15H2,1-4H3. The van der Waals surface area contributed by atoms with Gasteiger partial charge in [-0.25, -0.2) is 0 Å². The molecule has 142 valence electrons. The summed E-state index contributed by atoms with van der Waals surface area (Å²) < 4.78 is 16.3. The molecule has 0 spiro atoms. The molecule has 4 nitrogen and oxygen atoms in total. The van der Waals surface area contributed by atoms with Crippen LogP contribution in [0.15, 0.2) is 36.4 Å². The van der Waals surface area contributed by atoms with E-state index in [1.807, 2.05) is 24.3 Å². The van der Waals surface area contributed by atoms with E-state index in [-0.39, 0.29) is 5.75 Å². The zero-order valence-electron chi connectivity index (χ0n) is 16.2. The Morgan fingerprint density at radius 3 is 1.85 bits per heavy atom. The molecule has 0 fully saturated rings. The monoisotopic (exact) mass is 358 g/mol. The molecule has 1 N–H and O–H groups in total.